The second-order valence-electron chi connectivity index (χ2n) is 6.62. The van der Waals surface area contributed by atoms with E-state index in [1.54, 1.807) is 7.05 Å². The number of aliphatic imine (C=N–C) groups is 1. The molecule has 2 aromatic rings. The van der Waals surface area contributed by atoms with Crippen LogP contribution in [0.4, 0.5) is 5.69 Å². The summed E-state index contributed by atoms with van der Waals surface area (Å²) in [6.07, 6.45) is 1.38. The molecule has 0 spiro atoms. The van der Waals surface area contributed by atoms with Gasteiger partial charge in [0.15, 0.2) is 5.96 Å². The van der Waals surface area contributed by atoms with Crippen molar-refractivity contribution in [3.63, 3.8) is 0 Å². The Kier molecular flexibility index (Phi) is 8.36. The van der Waals surface area contributed by atoms with E-state index < -0.39 is 0 Å². The third kappa shape index (κ3) is 7.13. The third-order valence-corrected chi connectivity index (χ3v) is 4.32. The number of carbonyl (C=O) groups is 1. The zero-order valence-corrected chi connectivity index (χ0v) is 16.5. The molecule has 5 nitrogen and oxygen atoms in total. The number of hydrogen-bond donors (Lipinski definition) is 3. The quantitative estimate of drug-likeness (QED) is 0.490. The molecule has 1 amide bonds. The molecular weight excluding hydrogens is 336 g/mol. The maximum Gasteiger partial charge on any atom is 0.224 e. The molecule has 0 radical (unpaired) electrons. The molecule has 2 aromatic carbocycles. The van der Waals surface area contributed by atoms with Crippen LogP contribution < -0.4 is 16.0 Å². The highest BCUT2D eigenvalue weighted by Crippen LogP contribution is 2.13. The van der Waals surface area contributed by atoms with Gasteiger partial charge in [-0.2, -0.15) is 0 Å². The minimum atomic E-state index is 0.0509. The molecule has 0 aliphatic heterocycles. The summed E-state index contributed by atoms with van der Waals surface area (Å²) in [7, 11) is 1.77. The first kappa shape index (κ1) is 20.5. The maximum absolute atomic E-state index is 11.7. The van der Waals surface area contributed by atoms with Gasteiger partial charge in [0.25, 0.3) is 0 Å². The Balaban J connectivity index is 1.84. The molecule has 0 saturated carbocycles. The van der Waals surface area contributed by atoms with Crippen molar-refractivity contribution < 1.29 is 4.79 Å². The SMILES string of the molecule is CCCC(=O)Nc1cccc(CNC(=NC)NCC(C)c2ccccc2)c1. The average Bonchev–Trinajstić information content (AvgIpc) is 2.69. The third-order valence-electron chi connectivity index (χ3n) is 4.32. The number of hydrogen-bond acceptors (Lipinski definition) is 2. The average molecular weight is 367 g/mol. The van der Waals surface area contributed by atoms with Crippen LogP contribution in [0.2, 0.25) is 0 Å². The fourth-order valence-electron chi connectivity index (χ4n) is 2.77. The first-order chi connectivity index (χ1) is 13.1. The van der Waals surface area contributed by atoms with Crippen LogP contribution in [0.3, 0.4) is 0 Å². The molecule has 0 heterocycles. The predicted molar refractivity (Wildman–Crippen MR) is 113 cm³/mol. The van der Waals surface area contributed by atoms with E-state index in [9.17, 15) is 4.79 Å². The molecule has 1 atom stereocenters. The topological polar surface area (TPSA) is 65.5 Å². The van der Waals surface area contributed by atoms with Gasteiger partial charge in [-0.3, -0.25) is 9.79 Å². The minimum absolute atomic E-state index is 0.0509. The van der Waals surface area contributed by atoms with Gasteiger partial charge in [0, 0.05) is 32.2 Å². The fraction of sp³-hybridized carbons (Fsp3) is 0.364. The van der Waals surface area contributed by atoms with Gasteiger partial charge in [-0.05, 0) is 35.6 Å². The molecule has 2 rings (SSSR count). The van der Waals surface area contributed by atoms with Crippen LogP contribution in [0.1, 0.15) is 43.7 Å². The van der Waals surface area contributed by atoms with E-state index in [4.69, 9.17) is 0 Å². The molecule has 0 aliphatic rings. The Morgan fingerprint density at radius 2 is 1.85 bits per heavy atom. The highest BCUT2D eigenvalue weighted by molar-refractivity contribution is 5.90. The number of amides is 1. The molecule has 0 fully saturated rings. The van der Waals surface area contributed by atoms with Gasteiger partial charge in [-0.1, -0.05) is 56.3 Å². The summed E-state index contributed by atoms with van der Waals surface area (Å²) in [6.45, 7) is 5.63. The number of anilines is 1. The van der Waals surface area contributed by atoms with Crippen molar-refractivity contribution in [1.82, 2.24) is 10.6 Å². The summed E-state index contributed by atoms with van der Waals surface area (Å²) in [6, 6.07) is 18.3. The Morgan fingerprint density at radius 1 is 1.07 bits per heavy atom. The summed E-state index contributed by atoms with van der Waals surface area (Å²) >= 11 is 0. The highest BCUT2D eigenvalue weighted by atomic mass is 16.1. The van der Waals surface area contributed by atoms with Gasteiger partial charge in [-0.25, -0.2) is 0 Å². The second-order valence-corrected chi connectivity index (χ2v) is 6.62. The largest absolute Gasteiger partial charge is 0.356 e. The first-order valence-electron chi connectivity index (χ1n) is 9.50. The molecule has 1 unspecified atom stereocenters. The molecule has 0 saturated heterocycles. The monoisotopic (exact) mass is 366 g/mol. The van der Waals surface area contributed by atoms with Gasteiger partial charge in [0.1, 0.15) is 0 Å². The van der Waals surface area contributed by atoms with Crippen LogP contribution in [0.5, 0.6) is 0 Å². The Hall–Kier alpha value is -2.82. The maximum atomic E-state index is 11.7. The van der Waals surface area contributed by atoms with Gasteiger partial charge in [0.2, 0.25) is 5.91 Å². The minimum Gasteiger partial charge on any atom is -0.356 e. The summed E-state index contributed by atoms with van der Waals surface area (Å²) in [4.78, 5) is 16.0. The zero-order valence-electron chi connectivity index (χ0n) is 16.5. The summed E-state index contributed by atoms with van der Waals surface area (Å²) in [5.41, 5.74) is 3.22. The molecule has 0 bridgehead atoms. The summed E-state index contributed by atoms with van der Waals surface area (Å²) in [5.74, 6) is 1.20. The molecule has 0 aromatic heterocycles. The number of carbonyl (C=O) groups excluding carboxylic acids is 1. The molecule has 144 valence electrons. The van der Waals surface area contributed by atoms with E-state index >= 15 is 0 Å². The molecule has 27 heavy (non-hydrogen) atoms. The molecule has 3 N–H and O–H groups in total. The predicted octanol–water partition coefficient (Wildman–Crippen LogP) is 3.89. The lowest BCUT2D eigenvalue weighted by Gasteiger charge is -2.16. The smallest absolute Gasteiger partial charge is 0.224 e. The van der Waals surface area contributed by atoms with Crippen LogP contribution in [-0.2, 0) is 11.3 Å². The van der Waals surface area contributed by atoms with E-state index in [0.717, 1.165) is 30.2 Å². The first-order valence-corrected chi connectivity index (χ1v) is 9.50. The van der Waals surface area contributed by atoms with Gasteiger partial charge < -0.3 is 16.0 Å². The van der Waals surface area contributed by atoms with Crippen molar-refractivity contribution in [2.75, 3.05) is 18.9 Å². The zero-order chi connectivity index (χ0) is 19.5. The number of guanidine groups is 1. The van der Waals surface area contributed by atoms with Gasteiger partial charge >= 0.3 is 0 Å². The van der Waals surface area contributed by atoms with Crippen LogP contribution in [0.25, 0.3) is 0 Å². The van der Waals surface area contributed by atoms with Crippen LogP contribution in [-0.4, -0.2) is 25.5 Å². The van der Waals surface area contributed by atoms with Crippen LogP contribution >= 0.6 is 0 Å². The standard InChI is InChI=1S/C22H30N4O/c1-4-9-21(27)26-20-13-8-10-18(14-20)16-25-22(23-3)24-15-17(2)19-11-6-5-7-12-19/h5-8,10-14,17H,4,9,15-16H2,1-3H3,(H,26,27)(H2,23,24,25). The Bertz CT molecular complexity index is 743. The lowest BCUT2D eigenvalue weighted by molar-refractivity contribution is -0.116. The second kappa shape index (κ2) is 11.0. The van der Waals surface area contributed by atoms with Gasteiger partial charge in [0.05, 0.1) is 0 Å². The Labute approximate surface area is 162 Å². The molecule has 5 heteroatoms. The number of nitrogens with one attached hydrogen (secondary N) is 3. The fourth-order valence-corrected chi connectivity index (χ4v) is 2.77. The number of benzene rings is 2. The molecular formula is C22H30N4O. The lowest BCUT2D eigenvalue weighted by Crippen LogP contribution is -2.38. The molecule has 0 aliphatic carbocycles. The van der Waals surface area contributed by atoms with Gasteiger partial charge in [-0.15, -0.1) is 0 Å². The van der Waals surface area contributed by atoms with Crippen LogP contribution in [0, 0.1) is 0 Å². The van der Waals surface area contributed by atoms with Crippen molar-refractivity contribution in [3.8, 4) is 0 Å². The van der Waals surface area contributed by atoms with Crippen molar-refractivity contribution in [1.29, 1.82) is 0 Å². The highest BCUT2D eigenvalue weighted by Gasteiger charge is 2.07. The van der Waals surface area contributed by atoms with Crippen molar-refractivity contribution in [2.45, 2.75) is 39.2 Å². The van der Waals surface area contributed by atoms with E-state index in [2.05, 4.69) is 52.1 Å². The Morgan fingerprint density at radius 3 is 2.56 bits per heavy atom. The number of nitrogens with zero attached hydrogens (tertiary/aromatic N) is 1. The number of rotatable bonds is 8. The lowest BCUT2D eigenvalue weighted by atomic mass is 10.0. The normalized spacial score (nSPS) is 12.3. The van der Waals surface area contributed by atoms with Crippen molar-refractivity contribution in [2.24, 2.45) is 4.99 Å². The van der Waals surface area contributed by atoms with E-state index in [1.807, 2.05) is 37.3 Å². The summed E-state index contributed by atoms with van der Waals surface area (Å²) in [5, 5.41) is 9.63. The van der Waals surface area contributed by atoms with Crippen molar-refractivity contribution in [3.05, 3.63) is 65.7 Å². The van der Waals surface area contributed by atoms with E-state index in [1.165, 1.54) is 5.56 Å². The van der Waals surface area contributed by atoms with Crippen molar-refractivity contribution >= 4 is 17.6 Å². The van der Waals surface area contributed by atoms with E-state index in [0.29, 0.717) is 18.9 Å². The summed E-state index contributed by atoms with van der Waals surface area (Å²) < 4.78 is 0. The van der Waals surface area contributed by atoms with E-state index in [-0.39, 0.29) is 5.91 Å². The van der Waals surface area contributed by atoms with Crippen LogP contribution in [0.15, 0.2) is 59.6 Å².